The van der Waals surface area contributed by atoms with Crippen molar-refractivity contribution in [2.75, 3.05) is 34.4 Å². The molecular formula is C26H34FN3O4S. The van der Waals surface area contributed by atoms with Gasteiger partial charge in [-0.2, -0.15) is 0 Å². The molecule has 0 radical (unpaired) electrons. The number of hydrogen-bond donors (Lipinski definition) is 1. The Morgan fingerprint density at radius 3 is 2.43 bits per heavy atom. The Kier molecular flexibility index (Phi) is 11.2. The van der Waals surface area contributed by atoms with E-state index in [0.717, 1.165) is 23.3 Å². The lowest BCUT2D eigenvalue weighted by atomic mass is 10.1. The van der Waals surface area contributed by atoms with Crippen LogP contribution in [0.25, 0.3) is 0 Å². The van der Waals surface area contributed by atoms with Crippen LogP contribution in [0, 0.1) is 5.82 Å². The zero-order valence-corrected chi connectivity index (χ0v) is 21.8. The average Bonchev–Trinajstić information content (AvgIpc) is 2.83. The molecule has 0 fully saturated rings. The van der Waals surface area contributed by atoms with Crippen molar-refractivity contribution < 1.29 is 19.0 Å². The number of aromatic nitrogens is 1. The molecule has 7 nitrogen and oxygen atoms in total. The van der Waals surface area contributed by atoms with Gasteiger partial charge in [-0.15, -0.1) is 0 Å². The maximum atomic E-state index is 13.2. The molecule has 35 heavy (non-hydrogen) atoms. The van der Waals surface area contributed by atoms with Gasteiger partial charge in [-0.05, 0) is 35.4 Å². The van der Waals surface area contributed by atoms with Gasteiger partial charge in [0.15, 0.2) is 11.4 Å². The SMILES string of the molecule is CC/C=C(\Cc1ccc(F)cc1)SC(=NC)c1cn2c(c(O)c1=O)C(=O)N(CCC)CC2.COC. The van der Waals surface area contributed by atoms with Crippen LogP contribution < -0.4 is 5.43 Å². The average molecular weight is 504 g/mol. The van der Waals surface area contributed by atoms with Crippen molar-refractivity contribution in [1.82, 2.24) is 9.47 Å². The van der Waals surface area contributed by atoms with E-state index in [1.807, 2.05) is 19.9 Å². The van der Waals surface area contributed by atoms with E-state index in [2.05, 4.69) is 9.73 Å². The number of benzene rings is 1. The summed E-state index contributed by atoms with van der Waals surface area (Å²) in [5, 5.41) is 11.1. The van der Waals surface area contributed by atoms with Crippen LogP contribution in [-0.2, 0) is 17.7 Å². The van der Waals surface area contributed by atoms with Gasteiger partial charge in [0, 0.05) is 53.5 Å². The van der Waals surface area contributed by atoms with Crippen LogP contribution in [0.15, 0.2) is 51.2 Å². The summed E-state index contributed by atoms with van der Waals surface area (Å²) in [4.78, 5) is 32.7. The molecule has 1 aromatic carbocycles. The van der Waals surface area contributed by atoms with Crippen molar-refractivity contribution in [2.24, 2.45) is 4.99 Å². The predicted molar refractivity (Wildman–Crippen MR) is 140 cm³/mol. The van der Waals surface area contributed by atoms with Gasteiger partial charge in [-0.1, -0.05) is 43.8 Å². The van der Waals surface area contributed by atoms with Crippen molar-refractivity contribution in [3.8, 4) is 5.75 Å². The molecule has 1 N–H and O–H groups in total. The third kappa shape index (κ3) is 7.29. The molecule has 0 atom stereocenters. The molecule has 0 saturated carbocycles. The summed E-state index contributed by atoms with van der Waals surface area (Å²) >= 11 is 1.35. The van der Waals surface area contributed by atoms with Crippen molar-refractivity contribution in [3.63, 3.8) is 0 Å². The number of allylic oxidation sites excluding steroid dienone is 2. The summed E-state index contributed by atoms with van der Waals surface area (Å²) in [5.41, 5.74) is 0.639. The van der Waals surface area contributed by atoms with E-state index >= 15 is 0 Å². The number of aliphatic imine (C=N–C) groups is 1. The molecule has 2 heterocycles. The van der Waals surface area contributed by atoms with Gasteiger partial charge in [0.1, 0.15) is 10.9 Å². The minimum atomic E-state index is -0.603. The predicted octanol–water partition coefficient (Wildman–Crippen LogP) is 4.47. The van der Waals surface area contributed by atoms with Crippen molar-refractivity contribution in [2.45, 2.75) is 39.7 Å². The minimum Gasteiger partial charge on any atom is -0.503 e. The molecule has 1 amide bonds. The number of thioether (sulfide) groups is 1. The number of rotatable bonds is 7. The number of carbonyl (C=O) groups is 1. The molecule has 0 spiro atoms. The molecule has 1 aliphatic rings. The van der Waals surface area contributed by atoms with E-state index in [-0.39, 0.29) is 23.0 Å². The molecule has 190 valence electrons. The summed E-state index contributed by atoms with van der Waals surface area (Å²) in [7, 11) is 4.85. The molecule has 0 aliphatic carbocycles. The second-order valence-corrected chi connectivity index (χ2v) is 9.09. The fourth-order valence-corrected chi connectivity index (χ4v) is 4.78. The first-order valence-corrected chi connectivity index (χ1v) is 12.4. The number of nitrogens with zero attached hydrogens (tertiary/aromatic N) is 3. The van der Waals surface area contributed by atoms with Crippen LogP contribution in [0.4, 0.5) is 4.39 Å². The maximum Gasteiger partial charge on any atom is 0.274 e. The fourth-order valence-electron chi connectivity index (χ4n) is 3.69. The maximum absolute atomic E-state index is 13.2. The van der Waals surface area contributed by atoms with Gasteiger partial charge < -0.3 is 19.3 Å². The first-order valence-electron chi connectivity index (χ1n) is 11.5. The van der Waals surface area contributed by atoms with Crippen LogP contribution in [0.1, 0.15) is 48.3 Å². The highest BCUT2D eigenvalue weighted by atomic mass is 32.2. The monoisotopic (exact) mass is 503 g/mol. The summed E-state index contributed by atoms with van der Waals surface area (Å²) in [5.74, 6) is -1.15. The van der Waals surface area contributed by atoms with Gasteiger partial charge >= 0.3 is 0 Å². The van der Waals surface area contributed by atoms with E-state index in [9.17, 15) is 19.1 Å². The molecule has 0 saturated heterocycles. The topological polar surface area (TPSA) is 84.1 Å². The zero-order valence-electron chi connectivity index (χ0n) is 21.0. The van der Waals surface area contributed by atoms with Crippen LogP contribution in [0.5, 0.6) is 5.75 Å². The van der Waals surface area contributed by atoms with E-state index in [4.69, 9.17) is 0 Å². The smallest absolute Gasteiger partial charge is 0.274 e. The van der Waals surface area contributed by atoms with Crippen LogP contribution in [-0.4, -0.2) is 59.9 Å². The molecule has 2 aromatic rings. The number of fused-ring (bicyclic) bond motifs is 1. The molecule has 0 bridgehead atoms. The lowest BCUT2D eigenvalue weighted by Gasteiger charge is -2.30. The van der Waals surface area contributed by atoms with Gasteiger partial charge in [-0.3, -0.25) is 14.6 Å². The molecule has 1 aliphatic heterocycles. The Hall–Kier alpha value is -2.91. The minimum absolute atomic E-state index is 0.0366. The fraction of sp³-hybridized carbons (Fsp3) is 0.423. The molecular weight excluding hydrogens is 469 g/mol. The van der Waals surface area contributed by atoms with E-state index < -0.39 is 11.2 Å². The summed E-state index contributed by atoms with van der Waals surface area (Å²) in [6.07, 6.45) is 5.83. The normalized spacial score (nSPS) is 13.9. The lowest BCUT2D eigenvalue weighted by molar-refractivity contribution is 0.0697. The van der Waals surface area contributed by atoms with Crippen LogP contribution in [0.2, 0.25) is 0 Å². The van der Waals surface area contributed by atoms with Crippen LogP contribution in [0.3, 0.4) is 0 Å². The molecule has 0 unspecified atom stereocenters. The Balaban J connectivity index is 0.00000137. The number of pyridine rings is 1. The van der Waals surface area contributed by atoms with Gasteiger partial charge in [0.25, 0.3) is 5.91 Å². The second-order valence-electron chi connectivity index (χ2n) is 7.98. The van der Waals surface area contributed by atoms with Gasteiger partial charge in [0.2, 0.25) is 5.43 Å². The van der Waals surface area contributed by atoms with Crippen LogP contribution >= 0.6 is 11.8 Å². The molecule has 9 heteroatoms. The van der Waals surface area contributed by atoms with Gasteiger partial charge in [-0.25, -0.2) is 4.39 Å². The van der Waals surface area contributed by atoms with Crippen molar-refractivity contribution >= 4 is 22.7 Å². The largest absolute Gasteiger partial charge is 0.503 e. The number of aromatic hydroxyl groups is 1. The van der Waals surface area contributed by atoms with Crippen molar-refractivity contribution in [3.05, 3.63) is 74.3 Å². The first kappa shape index (κ1) is 28.3. The number of halogens is 1. The van der Waals surface area contributed by atoms with E-state index in [1.54, 1.807) is 49.1 Å². The Labute approximate surface area is 210 Å². The third-order valence-electron chi connectivity index (χ3n) is 5.23. The number of amides is 1. The first-order chi connectivity index (χ1) is 16.8. The van der Waals surface area contributed by atoms with E-state index in [1.165, 1.54) is 23.9 Å². The standard InChI is InChI=1S/C24H28FN3O3S.C2H6O/c1-4-6-18(14-16-7-9-17(25)10-8-16)32-23(26-3)19-15-28-13-12-27(11-5-2)24(31)20(28)22(30)21(19)29;1-3-2/h6-10,15,30H,4-5,11-14H2,1-3H3;1-2H3/b18-6+,26-23?;. The second kappa shape index (κ2) is 13.8. The van der Waals surface area contributed by atoms with E-state index in [0.29, 0.717) is 31.1 Å². The van der Waals surface area contributed by atoms with Crippen molar-refractivity contribution in [1.29, 1.82) is 0 Å². The summed E-state index contributed by atoms with van der Waals surface area (Å²) in [6.45, 7) is 5.60. The lowest BCUT2D eigenvalue weighted by Crippen LogP contribution is -2.42. The number of methoxy groups -OCH3 is 1. The summed E-state index contributed by atoms with van der Waals surface area (Å²) in [6, 6.07) is 6.31. The quantitative estimate of drug-likeness (QED) is 0.445. The Morgan fingerprint density at radius 2 is 1.86 bits per heavy atom. The molecule has 3 rings (SSSR count). The number of carbonyl (C=O) groups excluding carboxylic acids is 1. The zero-order chi connectivity index (χ0) is 26.0. The third-order valence-corrected chi connectivity index (χ3v) is 6.40. The Morgan fingerprint density at radius 1 is 1.20 bits per heavy atom. The van der Waals surface area contributed by atoms with Gasteiger partial charge in [0.05, 0.1) is 5.56 Å². The number of ether oxygens (including phenoxy) is 1. The summed E-state index contributed by atoms with van der Waals surface area (Å²) < 4.78 is 19.1. The highest BCUT2D eigenvalue weighted by Gasteiger charge is 2.30. The molecule has 1 aromatic heterocycles. The number of hydrogen-bond acceptors (Lipinski definition) is 6. The Bertz CT molecular complexity index is 1130. The highest BCUT2D eigenvalue weighted by Crippen LogP contribution is 2.28. The highest BCUT2D eigenvalue weighted by molar-refractivity contribution is 8.17.